The van der Waals surface area contributed by atoms with Gasteiger partial charge in [0.25, 0.3) is 0 Å². The van der Waals surface area contributed by atoms with E-state index in [0.29, 0.717) is 18.8 Å². The fourth-order valence-electron chi connectivity index (χ4n) is 1.24. The number of rotatable bonds is 6. The Morgan fingerprint density at radius 3 is 2.81 bits per heavy atom. The average molecular weight is 227 g/mol. The van der Waals surface area contributed by atoms with E-state index in [0.717, 1.165) is 0 Å². The van der Waals surface area contributed by atoms with Crippen LogP contribution in [-0.4, -0.2) is 28.8 Å². The van der Waals surface area contributed by atoms with Gasteiger partial charge in [0.1, 0.15) is 11.3 Å². The molecule has 3 N–H and O–H groups in total. The summed E-state index contributed by atoms with van der Waals surface area (Å²) < 4.78 is 5.04. The highest BCUT2D eigenvalue weighted by Crippen LogP contribution is 2.10. The van der Waals surface area contributed by atoms with E-state index in [-0.39, 0.29) is 11.5 Å². The Balaban J connectivity index is 2.43. The largest absolute Gasteiger partial charge is 0.478 e. The Morgan fingerprint density at radius 2 is 2.25 bits per heavy atom. The molecule has 0 fully saturated rings. The van der Waals surface area contributed by atoms with Crippen molar-refractivity contribution in [3.63, 3.8) is 0 Å². The van der Waals surface area contributed by atoms with Gasteiger partial charge < -0.3 is 19.9 Å². The zero-order valence-corrected chi connectivity index (χ0v) is 9.43. The standard InChI is InChI=1S/C11H17NO4/c1-7(2)9(13)5-12-6-10-8(11(14)15)3-4-16-10/h3-4,7,9,12-13H,5-6H2,1-2H3,(H,14,15). The molecule has 5 heteroatoms. The van der Waals surface area contributed by atoms with Crippen LogP contribution in [0.4, 0.5) is 0 Å². The van der Waals surface area contributed by atoms with Crippen LogP contribution in [0.25, 0.3) is 0 Å². The second-order valence-corrected chi connectivity index (χ2v) is 4.00. The first kappa shape index (κ1) is 12.7. The van der Waals surface area contributed by atoms with Gasteiger partial charge in [-0.1, -0.05) is 13.8 Å². The molecule has 0 amide bonds. The van der Waals surface area contributed by atoms with Gasteiger partial charge in [0.2, 0.25) is 0 Å². The molecule has 16 heavy (non-hydrogen) atoms. The van der Waals surface area contributed by atoms with E-state index in [4.69, 9.17) is 9.52 Å². The van der Waals surface area contributed by atoms with Gasteiger partial charge in [0.15, 0.2) is 0 Å². The number of carbonyl (C=O) groups is 1. The van der Waals surface area contributed by atoms with E-state index in [1.807, 2.05) is 13.8 Å². The molecule has 0 saturated carbocycles. The lowest BCUT2D eigenvalue weighted by Crippen LogP contribution is -2.30. The molecule has 0 radical (unpaired) electrons. The third-order valence-electron chi connectivity index (χ3n) is 2.38. The maximum Gasteiger partial charge on any atom is 0.339 e. The van der Waals surface area contributed by atoms with Crippen LogP contribution in [0, 0.1) is 5.92 Å². The minimum atomic E-state index is -1.00. The predicted octanol–water partition coefficient (Wildman–Crippen LogP) is 1.08. The van der Waals surface area contributed by atoms with Crippen molar-refractivity contribution in [2.24, 2.45) is 5.92 Å². The summed E-state index contributed by atoms with van der Waals surface area (Å²) in [6.45, 7) is 4.56. The van der Waals surface area contributed by atoms with Gasteiger partial charge in [0, 0.05) is 6.54 Å². The number of hydrogen-bond acceptors (Lipinski definition) is 4. The molecule has 1 rings (SSSR count). The molecule has 0 aliphatic carbocycles. The quantitative estimate of drug-likeness (QED) is 0.677. The fourth-order valence-corrected chi connectivity index (χ4v) is 1.24. The van der Waals surface area contributed by atoms with Crippen molar-refractivity contribution in [2.75, 3.05) is 6.54 Å². The van der Waals surface area contributed by atoms with Crippen LogP contribution in [-0.2, 0) is 6.54 Å². The first-order valence-electron chi connectivity index (χ1n) is 5.20. The van der Waals surface area contributed by atoms with Gasteiger partial charge in [-0.15, -0.1) is 0 Å². The van der Waals surface area contributed by atoms with Gasteiger partial charge in [-0.05, 0) is 12.0 Å². The third-order valence-corrected chi connectivity index (χ3v) is 2.38. The van der Waals surface area contributed by atoms with Crippen LogP contribution in [0.5, 0.6) is 0 Å². The minimum Gasteiger partial charge on any atom is -0.478 e. The highest BCUT2D eigenvalue weighted by Gasteiger charge is 2.14. The molecule has 0 saturated heterocycles. The maximum absolute atomic E-state index is 10.8. The molecule has 1 atom stereocenters. The van der Waals surface area contributed by atoms with Crippen molar-refractivity contribution in [1.82, 2.24) is 5.32 Å². The van der Waals surface area contributed by atoms with Gasteiger partial charge in [-0.2, -0.15) is 0 Å². The molecule has 5 nitrogen and oxygen atoms in total. The molecule has 0 aromatic carbocycles. The number of carboxylic acids is 1. The first-order valence-corrected chi connectivity index (χ1v) is 5.20. The zero-order valence-electron chi connectivity index (χ0n) is 9.43. The summed E-state index contributed by atoms with van der Waals surface area (Å²) in [7, 11) is 0. The summed E-state index contributed by atoms with van der Waals surface area (Å²) >= 11 is 0. The summed E-state index contributed by atoms with van der Waals surface area (Å²) in [6, 6.07) is 1.41. The lowest BCUT2D eigenvalue weighted by molar-refractivity contribution is 0.0694. The van der Waals surface area contributed by atoms with Crippen LogP contribution in [0.2, 0.25) is 0 Å². The lowest BCUT2D eigenvalue weighted by Gasteiger charge is -2.14. The van der Waals surface area contributed by atoms with Crippen LogP contribution in [0.1, 0.15) is 30.0 Å². The second kappa shape index (κ2) is 5.67. The molecule has 1 unspecified atom stereocenters. The van der Waals surface area contributed by atoms with Crippen LogP contribution in [0.3, 0.4) is 0 Å². The van der Waals surface area contributed by atoms with Crippen molar-refractivity contribution in [3.05, 3.63) is 23.7 Å². The number of carboxylic acid groups (broad SMARTS) is 1. The Kier molecular flexibility index (Phi) is 4.52. The Bertz CT molecular complexity index is 346. The number of aromatic carboxylic acids is 1. The molecule has 0 aliphatic heterocycles. The maximum atomic E-state index is 10.8. The lowest BCUT2D eigenvalue weighted by atomic mass is 10.1. The monoisotopic (exact) mass is 227 g/mol. The van der Waals surface area contributed by atoms with Gasteiger partial charge in [0.05, 0.1) is 18.9 Å². The molecule has 1 aromatic heterocycles. The summed E-state index contributed by atoms with van der Waals surface area (Å²) in [5.41, 5.74) is 0.159. The number of furan rings is 1. The van der Waals surface area contributed by atoms with Gasteiger partial charge >= 0.3 is 5.97 Å². The van der Waals surface area contributed by atoms with Crippen molar-refractivity contribution < 1.29 is 19.4 Å². The van der Waals surface area contributed by atoms with E-state index in [2.05, 4.69) is 5.32 Å². The predicted molar refractivity (Wildman–Crippen MR) is 58.2 cm³/mol. The number of nitrogens with one attached hydrogen (secondary N) is 1. The normalized spacial score (nSPS) is 13.0. The van der Waals surface area contributed by atoms with Crippen molar-refractivity contribution in [3.8, 4) is 0 Å². The highest BCUT2D eigenvalue weighted by molar-refractivity contribution is 5.88. The van der Waals surface area contributed by atoms with Gasteiger partial charge in [-0.25, -0.2) is 4.79 Å². The first-order chi connectivity index (χ1) is 7.52. The van der Waals surface area contributed by atoms with E-state index in [1.54, 1.807) is 0 Å². The SMILES string of the molecule is CC(C)C(O)CNCc1occc1C(=O)O. The van der Waals surface area contributed by atoms with Crippen molar-refractivity contribution >= 4 is 5.97 Å². The third kappa shape index (κ3) is 3.36. The zero-order chi connectivity index (χ0) is 12.1. The molecule has 90 valence electrons. The summed E-state index contributed by atoms with van der Waals surface area (Å²) in [5.74, 6) is -0.457. The van der Waals surface area contributed by atoms with E-state index in [1.165, 1.54) is 12.3 Å². The summed E-state index contributed by atoms with van der Waals surface area (Å²) in [5, 5.41) is 21.3. The molecule has 1 heterocycles. The number of aliphatic hydroxyl groups excluding tert-OH is 1. The topological polar surface area (TPSA) is 82.7 Å². The highest BCUT2D eigenvalue weighted by atomic mass is 16.4. The van der Waals surface area contributed by atoms with E-state index in [9.17, 15) is 9.90 Å². The summed E-state index contributed by atoms with van der Waals surface area (Å²) in [6.07, 6.45) is 0.905. The fraction of sp³-hybridized carbons (Fsp3) is 0.545. The van der Waals surface area contributed by atoms with E-state index >= 15 is 0 Å². The molecular weight excluding hydrogens is 210 g/mol. The molecular formula is C11H17NO4. The van der Waals surface area contributed by atoms with Crippen LogP contribution < -0.4 is 5.32 Å². The average Bonchev–Trinajstić information content (AvgIpc) is 2.65. The molecule has 0 bridgehead atoms. The smallest absolute Gasteiger partial charge is 0.339 e. The van der Waals surface area contributed by atoms with Crippen LogP contribution in [0.15, 0.2) is 16.7 Å². The Hall–Kier alpha value is -1.33. The number of hydrogen-bond donors (Lipinski definition) is 3. The van der Waals surface area contributed by atoms with E-state index < -0.39 is 12.1 Å². The molecule has 0 aliphatic rings. The molecule has 0 spiro atoms. The number of aliphatic hydroxyl groups is 1. The van der Waals surface area contributed by atoms with Crippen molar-refractivity contribution in [1.29, 1.82) is 0 Å². The molecule has 1 aromatic rings. The van der Waals surface area contributed by atoms with Crippen LogP contribution >= 0.6 is 0 Å². The Labute approximate surface area is 94.1 Å². The van der Waals surface area contributed by atoms with Gasteiger partial charge in [-0.3, -0.25) is 0 Å². The Morgan fingerprint density at radius 1 is 1.56 bits per heavy atom. The van der Waals surface area contributed by atoms with Crippen molar-refractivity contribution in [2.45, 2.75) is 26.5 Å². The summed E-state index contributed by atoms with van der Waals surface area (Å²) in [4.78, 5) is 10.8. The second-order valence-electron chi connectivity index (χ2n) is 4.00. The minimum absolute atomic E-state index is 0.159.